The average molecular weight is 476 g/mol. The van der Waals surface area contributed by atoms with Crippen LogP contribution in [0.3, 0.4) is 0 Å². The molecule has 0 radical (unpaired) electrons. The zero-order valence-electron chi connectivity index (χ0n) is 20.9. The molecule has 0 aliphatic carbocycles. The van der Waals surface area contributed by atoms with E-state index in [9.17, 15) is 18.0 Å². The summed E-state index contributed by atoms with van der Waals surface area (Å²) in [5, 5.41) is 0.510. The summed E-state index contributed by atoms with van der Waals surface area (Å²) in [6, 6.07) is 6.10. The molecule has 2 fully saturated rings. The Labute approximate surface area is 200 Å². The zero-order chi connectivity index (χ0) is 24.9. The highest BCUT2D eigenvalue weighted by Crippen LogP contribution is 2.40. The van der Waals surface area contributed by atoms with Gasteiger partial charge in [0.05, 0.1) is 16.6 Å². The molecule has 0 amide bonds. The summed E-state index contributed by atoms with van der Waals surface area (Å²) in [5.41, 5.74) is -0.244. The molecule has 3 heterocycles. The maximum atomic E-state index is 13.6. The summed E-state index contributed by atoms with van der Waals surface area (Å²) in [5.74, 6) is 0.762. The Kier molecular flexibility index (Phi) is 6.47. The molecule has 34 heavy (non-hydrogen) atoms. The van der Waals surface area contributed by atoms with Gasteiger partial charge in [0.1, 0.15) is 0 Å². The van der Waals surface area contributed by atoms with Crippen LogP contribution in [0.25, 0.3) is 10.9 Å². The minimum Gasteiger partial charge on any atom is -0.370 e. The third-order valence-electron chi connectivity index (χ3n) is 7.76. The summed E-state index contributed by atoms with van der Waals surface area (Å²) in [7, 11) is 0. The molecule has 2 aliphatic heterocycles. The lowest BCUT2D eigenvalue weighted by Gasteiger charge is -2.41. The van der Waals surface area contributed by atoms with Gasteiger partial charge in [0.2, 0.25) is 0 Å². The van der Waals surface area contributed by atoms with Crippen molar-refractivity contribution in [2.75, 3.05) is 31.1 Å². The minimum absolute atomic E-state index is 0.0175. The monoisotopic (exact) mass is 475 g/mol. The minimum atomic E-state index is -4.45. The molecular weight excluding hydrogens is 439 g/mol. The fourth-order valence-electron chi connectivity index (χ4n) is 5.77. The van der Waals surface area contributed by atoms with Crippen LogP contribution in [0.2, 0.25) is 0 Å². The van der Waals surface area contributed by atoms with Gasteiger partial charge in [-0.1, -0.05) is 20.8 Å². The summed E-state index contributed by atoms with van der Waals surface area (Å²) in [6.07, 6.45) is -0.524. The van der Waals surface area contributed by atoms with Crippen LogP contribution >= 0.6 is 0 Å². The van der Waals surface area contributed by atoms with Crippen molar-refractivity contribution in [3.05, 3.63) is 36.0 Å². The highest BCUT2D eigenvalue weighted by molar-refractivity contribution is 5.94. The molecule has 0 N–H and O–H groups in total. The van der Waals surface area contributed by atoms with Crippen LogP contribution < -0.4 is 4.90 Å². The summed E-state index contributed by atoms with van der Waals surface area (Å²) >= 11 is 0. The number of aromatic nitrogens is 1. The third-order valence-corrected chi connectivity index (χ3v) is 7.76. The number of benzene rings is 1. The van der Waals surface area contributed by atoms with E-state index in [-0.39, 0.29) is 22.6 Å². The summed E-state index contributed by atoms with van der Waals surface area (Å²) in [6.45, 7) is 14.0. The molecule has 0 bridgehead atoms. The number of likely N-dealkylation sites (tertiary alicyclic amines) is 1. The Bertz CT molecular complexity index is 1060. The SMILES string of the molecule is C[C@H]1C[C@@H](CC(=O)C(C)(C)N2CCC(C)(C)C2)CN(c2ccc(C(F)(F)F)c3ncccc23)C1. The number of alkyl halides is 3. The highest BCUT2D eigenvalue weighted by atomic mass is 19.4. The Balaban J connectivity index is 1.55. The normalized spacial score (nSPS) is 24.1. The van der Waals surface area contributed by atoms with E-state index in [1.165, 1.54) is 6.20 Å². The quantitative estimate of drug-likeness (QED) is 0.517. The first-order chi connectivity index (χ1) is 15.8. The topological polar surface area (TPSA) is 36.4 Å². The van der Waals surface area contributed by atoms with Gasteiger partial charge in [0, 0.05) is 43.3 Å². The first-order valence-electron chi connectivity index (χ1n) is 12.3. The first-order valence-corrected chi connectivity index (χ1v) is 12.3. The van der Waals surface area contributed by atoms with Crippen molar-refractivity contribution < 1.29 is 18.0 Å². The smallest absolute Gasteiger partial charge is 0.370 e. The number of Topliss-reactive ketones (excluding diaryl/α,β-unsaturated/α-hetero) is 1. The molecule has 2 atom stereocenters. The molecule has 7 heteroatoms. The fourth-order valence-corrected chi connectivity index (χ4v) is 5.77. The molecule has 1 aromatic carbocycles. The summed E-state index contributed by atoms with van der Waals surface area (Å²) < 4.78 is 40.7. The Morgan fingerprint density at radius 1 is 1.18 bits per heavy atom. The second kappa shape index (κ2) is 8.81. The van der Waals surface area contributed by atoms with E-state index in [1.807, 2.05) is 13.8 Å². The Morgan fingerprint density at radius 2 is 1.91 bits per heavy atom. The maximum Gasteiger partial charge on any atom is 0.418 e. The molecule has 2 aliphatic rings. The van der Waals surface area contributed by atoms with Crippen LogP contribution in [0, 0.1) is 17.3 Å². The maximum absolute atomic E-state index is 13.6. The van der Waals surface area contributed by atoms with E-state index in [0.29, 0.717) is 24.3 Å². The molecule has 0 spiro atoms. The van der Waals surface area contributed by atoms with Crippen LogP contribution in [-0.4, -0.2) is 47.4 Å². The Hall–Kier alpha value is -2.15. The number of halogens is 3. The molecule has 2 aromatic rings. The third kappa shape index (κ3) is 4.95. The van der Waals surface area contributed by atoms with Gasteiger partial charge in [-0.25, -0.2) is 0 Å². The predicted molar refractivity (Wildman–Crippen MR) is 130 cm³/mol. The van der Waals surface area contributed by atoms with Crippen molar-refractivity contribution in [1.82, 2.24) is 9.88 Å². The number of hydrogen-bond acceptors (Lipinski definition) is 4. The number of nitrogens with zero attached hydrogens (tertiary/aromatic N) is 3. The van der Waals surface area contributed by atoms with E-state index in [1.54, 1.807) is 18.2 Å². The molecule has 0 unspecified atom stereocenters. The lowest BCUT2D eigenvalue weighted by Crippen LogP contribution is -2.51. The standard InChI is InChI=1S/C27H36F3N3O/c1-18-13-19(14-23(34)26(4,5)33-12-10-25(2,3)17-33)16-32(15-18)22-9-8-21(27(28,29)30)24-20(22)7-6-11-31-24/h6-9,11,18-19H,10,12-17H2,1-5H3/t18-,19-/m0/s1. The van der Waals surface area contributed by atoms with E-state index in [4.69, 9.17) is 0 Å². The highest BCUT2D eigenvalue weighted by Gasteiger charge is 2.42. The van der Waals surface area contributed by atoms with Crippen molar-refractivity contribution in [3.8, 4) is 0 Å². The molecule has 186 valence electrons. The van der Waals surface area contributed by atoms with Gasteiger partial charge in [0.25, 0.3) is 0 Å². The number of anilines is 1. The molecular formula is C27H36F3N3O. The molecule has 2 saturated heterocycles. The largest absolute Gasteiger partial charge is 0.418 e. The van der Waals surface area contributed by atoms with Gasteiger partial charge in [-0.2, -0.15) is 13.2 Å². The predicted octanol–water partition coefficient (Wildman–Crippen LogP) is 6.19. The van der Waals surface area contributed by atoms with Crippen LogP contribution in [0.4, 0.5) is 18.9 Å². The van der Waals surface area contributed by atoms with Gasteiger partial charge in [-0.05, 0) is 74.8 Å². The lowest BCUT2D eigenvalue weighted by atomic mass is 9.82. The number of carbonyl (C=O) groups excluding carboxylic acids is 1. The van der Waals surface area contributed by atoms with Gasteiger partial charge in [-0.3, -0.25) is 14.7 Å². The number of fused-ring (bicyclic) bond motifs is 1. The van der Waals surface area contributed by atoms with E-state index in [2.05, 4.69) is 35.6 Å². The number of hydrogen-bond donors (Lipinski definition) is 0. The zero-order valence-corrected chi connectivity index (χ0v) is 20.9. The van der Waals surface area contributed by atoms with Crippen LogP contribution in [-0.2, 0) is 11.0 Å². The second-order valence-electron chi connectivity index (χ2n) is 11.7. The second-order valence-corrected chi connectivity index (χ2v) is 11.7. The van der Waals surface area contributed by atoms with Crippen LogP contribution in [0.15, 0.2) is 30.5 Å². The number of ketones is 1. The number of piperidine rings is 1. The molecule has 4 rings (SSSR count). The summed E-state index contributed by atoms with van der Waals surface area (Å²) in [4.78, 5) is 22.0. The Morgan fingerprint density at radius 3 is 2.56 bits per heavy atom. The van der Waals surface area contributed by atoms with Crippen molar-refractivity contribution >= 4 is 22.4 Å². The van der Waals surface area contributed by atoms with Gasteiger partial charge in [-0.15, -0.1) is 0 Å². The fraction of sp³-hybridized carbons (Fsp3) is 0.630. The van der Waals surface area contributed by atoms with Crippen molar-refractivity contribution in [2.45, 2.75) is 65.6 Å². The first kappa shape index (κ1) is 25.0. The van der Waals surface area contributed by atoms with Crippen molar-refractivity contribution in [3.63, 3.8) is 0 Å². The van der Waals surface area contributed by atoms with Crippen LogP contribution in [0.5, 0.6) is 0 Å². The van der Waals surface area contributed by atoms with E-state index in [0.717, 1.165) is 44.2 Å². The van der Waals surface area contributed by atoms with E-state index >= 15 is 0 Å². The number of carbonyl (C=O) groups is 1. The lowest BCUT2D eigenvalue weighted by molar-refractivity contribution is -0.136. The van der Waals surface area contributed by atoms with Gasteiger partial charge < -0.3 is 4.90 Å². The number of rotatable bonds is 5. The average Bonchev–Trinajstić information content (AvgIpc) is 3.12. The van der Waals surface area contributed by atoms with Crippen molar-refractivity contribution in [1.29, 1.82) is 0 Å². The van der Waals surface area contributed by atoms with Crippen molar-refractivity contribution in [2.24, 2.45) is 17.3 Å². The van der Waals surface area contributed by atoms with Crippen LogP contribution in [0.1, 0.15) is 59.4 Å². The molecule has 4 nitrogen and oxygen atoms in total. The van der Waals surface area contributed by atoms with E-state index < -0.39 is 17.3 Å². The van der Waals surface area contributed by atoms with Gasteiger partial charge in [0.15, 0.2) is 5.78 Å². The molecule has 0 saturated carbocycles. The number of pyridine rings is 1. The molecule has 1 aromatic heterocycles. The van der Waals surface area contributed by atoms with Gasteiger partial charge >= 0.3 is 6.18 Å².